The molecule has 0 aliphatic rings. The lowest BCUT2D eigenvalue weighted by Gasteiger charge is -2.13. The molecule has 0 radical (unpaired) electrons. The number of carbonyl (C=O) groups is 1. The van der Waals surface area contributed by atoms with Crippen LogP contribution in [0.1, 0.15) is 5.56 Å². The number of hydrogen-bond donors (Lipinski definition) is 3. The largest absolute Gasteiger partial charge is 0.480 e. The molecule has 0 heterocycles. The van der Waals surface area contributed by atoms with Crippen LogP contribution in [0.2, 0.25) is 0 Å². The summed E-state index contributed by atoms with van der Waals surface area (Å²) in [5, 5.41) is 8.79. The number of carboxylic acid groups (broad SMARTS) is 1. The topological polar surface area (TPSA) is 89.3 Å². The van der Waals surface area contributed by atoms with E-state index in [0.717, 1.165) is 16.3 Å². The molecule has 96 valence electrons. The van der Waals surface area contributed by atoms with Gasteiger partial charge in [-0.1, -0.05) is 0 Å². The fourth-order valence-electron chi connectivity index (χ4n) is 1.14. The van der Waals surface area contributed by atoms with Crippen molar-refractivity contribution in [3.05, 3.63) is 22.3 Å². The van der Waals surface area contributed by atoms with Gasteiger partial charge in [-0.15, -0.1) is 12.4 Å². The summed E-state index contributed by atoms with van der Waals surface area (Å²) in [5.74, 6) is -0.997. The molecule has 5 N–H and O–H groups in total. The smallest absolute Gasteiger partial charge is 0.320 e. The van der Waals surface area contributed by atoms with Gasteiger partial charge in [-0.25, -0.2) is 0 Å². The van der Waals surface area contributed by atoms with Crippen molar-refractivity contribution in [2.75, 3.05) is 5.73 Å². The van der Waals surface area contributed by atoms with Crippen molar-refractivity contribution < 1.29 is 9.90 Å². The number of aliphatic carboxylic acids is 1. The fourth-order valence-corrected chi connectivity index (χ4v) is 4.95. The third kappa shape index (κ3) is 4.51. The Balaban J connectivity index is 0.00000256. The highest BCUT2D eigenvalue weighted by Crippen LogP contribution is 2.30. The first kappa shape index (κ1) is 17.9. The zero-order valence-corrected chi connectivity index (χ0v) is 15.7. The summed E-state index contributed by atoms with van der Waals surface area (Å²) >= 11 is 6.46. The molecule has 0 fully saturated rings. The summed E-state index contributed by atoms with van der Waals surface area (Å²) in [6.45, 7) is 0. The second-order valence-electron chi connectivity index (χ2n) is 3.20. The lowest BCUT2D eigenvalue weighted by Crippen LogP contribution is -2.33. The summed E-state index contributed by atoms with van der Waals surface area (Å²) in [7, 11) is 0. The van der Waals surface area contributed by atoms with Crippen LogP contribution in [0.3, 0.4) is 0 Å². The molecule has 1 rings (SSSR count). The van der Waals surface area contributed by atoms with Gasteiger partial charge < -0.3 is 16.6 Å². The Morgan fingerprint density at radius 1 is 1.35 bits per heavy atom. The number of benzene rings is 1. The highest BCUT2D eigenvalue weighted by molar-refractivity contribution is 14.1. The van der Waals surface area contributed by atoms with E-state index in [1.165, 1.54) is 0 Å². The minimum Gasteiger partial charge on any atom is -0.480 e. The quantitative estimate of drug-likeness (QED) is 0.371. The number of anilines is 1. The molecule has 0 unspecified atom stereocenters. The monoisotopic (exact) mass is 594 g/mol. The third-order valence-electron chi connectivity index (χ3n) is 2.04. The zero-order valence-electron chi connectivity index (χ0n) is 8.41. The van der Waals surface area contributed by atoms with Crippen molar-refractivity contribution in [1.29, 1.82) is 0 Å². The molecule has 1 aromatic rings. The second kappa shape index (κ2) is 7.50. The maximum absolute atomic E-state index is 10.7. The van der Waals surface area contributed by atoms with Crippen molar-refractivity contribution >= 4 is 91.8 Å². The summed E-state index contributed by atoms with van der Waals surface area (Å²) in [6.07, 6.45) is 0.299. The lowest BCUT2D eigenvalue weighted by molar-refractivity contribution is -0.138. The van der Waals surface area contributed by atoms with E-state index in [0.29, 0.717) is 12.1 Å². The Kier molecular flexibility index (Phi) is 7.91. The molecule has 4 nitrogen and oxygen atoms in total. The normalized spacial score (nSPS) is 11.8. The predicted molar refractivity (Wildman–Crippen MR) is 95.6 cm³/mol. The molecule has 17 heavy (non-hydrogen) atoms. The van der Waals surface area contributed by atoms with Gasteiger partial charge in [-0.2, -0.15) is 0 Å². The van der Waals surface area contributed by atoms with Gasteiger partial charge in [0.25, 0.3) is 0 Å². The molecule has 1 atom stereocenters. The van der Waals surface area contributed by atoms with Gasteiger partial charge >= 0.3 is 5.97 Å². The summed E-state index contributed by atoms with van der Waals surface area (Å²) in [4.78, 5) is 10.7. The number of rotatable bonds is 3. The van der Waals surface area contributed by atoms with Crippen LogP contribution in [-0.2, 0) is 11.2 Å². The summed E-state index contributed by atoms with van der Waals surface area (Å²) in [6, 6.07) is 1.05. The van der Waals surface area contributed by atoms with Gasteiger partial charge in [-0.3, -0.25) is 4.79 Å². The molecule has 8 heteroatoms. The maximum atomic E-state index is 10.7. The van der Waals surface area contributed by atoms with Crippen molar-refractivity contribution in [1.82, 2.24) is 0 Å². The Bertz CT molecular complexity index is 443. The highest BCUT2D eigenvalue weighted by atomic mass is 127. The average Bonchev–Trinajstić information content (AvgIpc) is 2.20. The molecule has 0 aliphatic heterocycles. The maximum Gasteiger partial charge on any atom is 0.320 e. The van der Waals surface area contributed by atoms with Crippen molar-refractivity contribution in [3.63, 3.8) is 0 Å². The Morgan fingerprint density at radius 2 is 1.88 bits per heavy atom. The van der Waals surface area contributed by atoms with E-state index in [1.807, 2.05) is 6.07 Å². The van der Waals surface area contributed by atoms with Gasteiger partial charge in [0, 0.05) is 17.1 Å². The molecular weight excluding hydrogens is 584 g/mol. The number of carboxylic acids is 1. The van der Waals surface area contributed by atoms with Crippen LogP contribution >= 0.6 is 80.2 Å². The zero-order chi connectivity index (χ0) is 12.5. The third-order valence-corrected chi connectivity index (χ3v) is 5.13. The molecule has 1 aromatic carbocycles. The predicted octanol–water partition coefficient (Wildman–Crippen LogP) is 2.46. The Morgan fingerprint density at radius 3 is 2.35 bits per heavy atom. The van der Waals surface area contributed by atoms with Crippen molar-refractivity contribution in [2.24, 2.45) is 5.73 Å². The fraction of sp³-hybridized carbons (Fsp3) is 0.222. The van der Waals surface area contributed by atoms with E-state index in [2.05, 4.69) is 67.8 Å². The van der Waals surface area contributed by atoms with Crippen LogP contribution in [0.4, 0.5) is 5.69 Å². The van der Waals surface area contributed by atoms with Crippen LogP contribution < -0.4 is 11.5 Å². The Hall–Kier alpha value is 0.930. The molecular formula is C9H10ClI3N2O2. The number of nitrogens with two attached hydrogens (primary N) is 2. The molecule has 0 saturated heterocycles. The van der Waals surface area contributed by atoms with Crippen LogP contribution in [0.5, 0.6) is 0 Å². The average molecular weight is 594 g/mol. The van der Waals surface area contributed by atoms with E-state index in [1.54, 1.807) is 0 Å². The summed E-state index contributed by atoms with van der Waals surface area (Å²) < 4.78 is 2.86. The van der Waals surface area contributed by atoms with E-state index < -0.39 is 12.0 Å². The molecule has 0 aliphatic carbocycles. The standard InChI is InChI=1S/C9H9I3N2O2.ClH/c10-4-2-5(11)8(14)7(12)3(4)1-6(13)9(15)16;/h2,6H,1,13-14H2,(H,15,16);1H/t6-;/m0./s1. The van der Waals surface area contributed by atoms with E-state index >= 15 is 0 Å². The lowest BCUT2D eigenvalue weighted by atomic mass is 10.1. The molecule has 0 aromatic heterocycles. The van der Waals surface area contributed by atoms with Crippen LogP contribution in [0.15, 0.2) is 6.07 Å². The summed E-state index contributed by atoms with van der Waals surface area (Å²) in [5.41, 5.74) is 13.0. The van der Waals surface area contributed by atoms with E-state index in [4.69, 9.17) is 16.6 Å². The second-order valence-corrected chi connectivity index (χ2v) is 6.60. The molecule has 0 amide bonds. The minimum atomic E-state index is -0.997. The first-order valence-electron chi connectivity index (χ1n) is 4.24. The first-order chi connectivity index (χ1) is 7.34. The molecule has 0 bridgehead atoms. The van der Waals surface area contributed by atoms with Gasteiger partial charge in [0.2, 0.25) is 0 Å². The number of nitrogen functional groups attached to an aromatic ring is 1. The van der Waals surface area contributed by atoms with E-state index in [9.17, 15) is 4.79 Å². The van der Waals surface area contributed by atoms with Gasteiger partial charge in [0.1, 0.15) is 6.04 Å². The van der Waals surface area contributed by atoms with Crippen LogP contribution in [0.25, 0.3) is 0 Å². The van der Waals surface area contributed by atoms with Crippen LogP contribution in [-0.4, -0.2) is 17.1 Å². The first-order valence-corrected chi connectivity index (χ1v) is 7.48. The SMILES string of the molecule is Cl.Nc1c(I)cc(I)c(C[C@H](N)C(=O)O)c1I. The van der Waals surface area contributed by atoms with Crippen molar-refractivity contribution in [2.45, 2.75) is 12.5 Å². The van der Waals surface area contributed by atoms with E-state index in [-0.39, 0.29) is 12.4 Å². The molecule has 0 spiro atoms. The van der Waals surface area contributed by atoms with Gasteiger partial charge in [-0.05, 0) is 79.4 Å². The van der Waals surface area contributed by atoms with Gasteiger partial charge in [0.15, 0.2) is 0 Å². The van der Waals surface area contributed by atoms with Gasteiger partial charge in [0.05, 0.1) is 5.69 Å². The molecule has 0 saturated carbocycles. The Labute approximate surface area is 146 Å². The highest BCUT2D eigenvalue weighted by Gasteiger charge is 2.18. The number of halogens is 4. The van der Waals surface area contributed by atoms with Crippen LogP contribution in [0, 0.1) is 10.7 Å². The van der Waals surface area contributed by atoms with Crippen molar-refractivity contribution in [3.8, 4) is 0 Å². The number of hydrogen-bond acceptors (Lipinski definition) is 3. The minimum absolute atomic E-state index is 0.